The zero-order valence-corrected chi connectivity index (χ0v) is 12.8. The lowest BCUT2D eigenvalue weighted by atomic mass is 10.0. The van der Waals surface area contributed by atoms with E-state index in [-0.39, 0.29) is 11.3 Å². The molecule has 0 amide bonds. The number of pyridine rings is 1. The molecule has 2 heterocycles. The van der Waals surface area contributed by atoms with Gasteiger partial charge in [0.1, 0.15) is 0 Å². The summed E-state index contributed by atoms with van der Waals surface area (Å²) in [4.78, 5) is 15.6. The van der Waals surface area contributed by atoms with Crippen LogP contribution in [0.4, 0.5) is 5.69 Å². The summed E-state index contributed by atoms with van der Waals surface area (Å²) in [5, 5.41) is 11.6. The predicted molar refractivity (Wildman–Crippen MR) is 89.5 cm³/mol. The first-order valence-corrected chi connectivity index (χ1v) is 7.51. The average Bonchev–Trinajstić information content (AvgIpc) is 2.46. The monoisotopic (exact) mass is 315 g/mol. The smallest absolute Gasteiger partial charge is 0.259 e. The highest BCUT2D eigenvalue weighted by atomic mass is 32.1. The second-order valence-corrected chi connectivity index (χ2v) is 5.82. The molecule has 3 rings (SSSR count). The Morgan fingerprint density at radius 1 is 1.32 bits per heavy atom. The van der Waals surface area contributed by atoms with E-state index in [4.69, 9.17) is 10.1 Å². The third kappa shape index (κ3) is 3.08. The van der Waals surface area contributed by atoms with Crippen molar-refractivity contribution < 1.29 is 4.74 Å². The maximum absolute atomic E-state index is 12.2. The Balaban J connectivity index is 1.89. The summed E-state index contributed by atoms with van der Waals surface area (Å²) in [5.41, 5.74) is 1.65. The van der Waals surface area contributed by atoms with Crippen LogP contribution in [0.25, 0.3) is 0 Å². The summed E-state index contributed by atoms with van der Waals surface area (Å²) >= 11 is 4.24. The second kappa shape index (κ2) is 6.37. The number of thiol groups is 1. The van der Waals surface area contributed by atoms with Crippen molar-refractivity contribution in [3.63, 3.8) is 0 Å². The highest BCUT2D eigenvalue weighted by Crippen LogP contribution is 2.18. The van der Waals surface area contributed by atoms with Gasteiger partial charge in [0, 0.05) is 29.1 Å². The maximum atomic E-state index is 12.2. The fourth-order valence-corrected chi connectivity index (χ4v) is 2.45. The van der Waals surface area contributed by atoms with Gasteiger partial charge in [-0.25, -0.2) is 0 Å². The van der Waals surface area contributed by atoms with Gasteiger partial charge in [-0.3, -0.25) is 10.2 Å². The van der Waals surface area contributed by atoms with Crippen molar-refractivity contribution in [2.75, 3.05) is 25.1 Å². The lowest BCUT2D eigenvalue weighted by Crippen LogP contribution is -2.34. The molecule has 0 aliphatic carbocycles. The van der Waals surface area contributed by atoms with E-state index in [1.54, 1.807) is 24.4 Å². The molecule has 22 heavy (non-hydrogen) atoms. The van der Waals surface area contributed by atoms with E-state index in [1.165, 1.54) is 0 Å². The van der Waals surface area contributed by atoms with Crippen LogP contribution >= 0.6 is 12.6 Å². The Hall–Kier alpha value is -2.05. The normalized spacial score (nSPS) is 14.4. The molecule has 1 aromatic heterocycles. The molecule has 0 atom stereocenters. The zero-order valence-electron chi connectivity index (χ0n) is 11.9. The van der Waals surface area contributed by atoms with Crippen LogP contribution in [0.3, 0.4) is 0 Å². The molecular formula is C16H17N3O2S. The minimum atomic E-state index is -0.269. The summed E-state index contributed by atoms with van der Waals surface area (Å²) in [5.74, 6) is 0.463. The molecule has 3 N–H and O–H groups in total. The highest BCUT2D eigenvalue weighted by molar-refractivity contribution is 7.80. The number of ether oxygens (including phenoxy) is 1. The summed E-state index contributed by atoms with van der Waals surface area (Å²) in [6, 6.07) is 8.99. The third-order valence-corrected chi connectivity index (χ3v) is 3.95. The number of benzene rings is 1. The van der Waals surface area contributed by atoms with Crippen LogP contribution in [0, 0.1) is 11.3 Å². The minimum Gasteiger partial charge on any atom is -0.384 e. The average molecular weight is 315 g/mol. The minimum absolute atomic E-state index is 0.197. The number of H-pyrrole nitrogens is 1. The third-order valence-electron chi connectivity index (χ3n) is 3.66. The molecule has 1 fully saturated rings. The first-order chi connectivity index (χ1) is 10.6. The van der Waals surface area contributed by atoms with E-state index in [0.717, 1.165) is 24.7 Å². The van der Waals surface area contributed by atoms with E-state index >= 15 is 0 Å². The van der Waals surface area contributed by atoms with Gasteiger partial charge in [-0.1, -0.05) is 12.1 Å². The SMILES string of the molecule is N=C(c1ccc(S)cc1)c1c(NCC2COC2)cc[nH]c1=O. The van der Waals surface area contributed by atoms with Crippen LogP contribution in [0.15, 0.2) is 46.2 Å². The fraction of sp³-hybridized carbons (Fsp3) is 0.250. The van der Waals surface area contributed by atoms with Gasteiger partial charge >= 0.3 is 0 Å². The van der Waals surface area contributed by atoms with Crippen molar-refractivity contribution in [1.82, 2.24) is 4.98 Å². The van der Waals surface area contributed by atoms with Gasteiger partial charge < -0.3 is 15.0 Å². The summed E-state index contributed by atoms with van der Waals surface area (Å²) in [7, 11) is 0. The van der Waals surface area contributed by atoms with E-state index in [0.29, 0.717) is 22.7 Å². The summed E-state index contributed by atoms with van der Waals surface area (Å²) in [6.07, 6.45) is 1.59. The predicted octanol–water partition coefficient (Wildman–Crippen LogP) is 2.14. The molecule has 5 nitrogen and oxygen atoms in total. The van der Waals surface area contributed by atoms with Crippen LogP contribution in [-0.4, -0.2) is 30.5 Å². The van der Waals surface area contributed by atoms with Gasteiger partial charge in [-0.15, -0.1) is 12.6 Å². The number of rotatable bonds is 5. The zero-order chi connectivity index (χ0) is 15.5. The van der Waals surface area contributed by atoms with Gasteiger partial charge in [-0.05, 0) is 18.2 Å². The van der Waals surface area contributed by atoms with Gasteiger partial charge in [0.15, 0.2) is 0 Å². The lowest BCUT2D eigenvalue weighted by Gasteiger charge is -2.26. The Kier molecular flexibility index (Phi) is 4.31. The van der Waals surface area contributed by atoms with Crippen LogP contribution in [0.1, 0.15) is 11.1 Å². The number of hydrogen-bond donors (Lipinski definition) is 4. The first-order valence-electron chi connectivity index (χ1n) is 7.07. The van der Waals surface area contributed by atoms with Crippen LogP contribution in [0.5, 0.6) is 0 Å². The molecule has 0 radical (unpaired) electrons. The topological polar surface area (TPSA) is 78.0 Å². The highest BCUT2D eigenvalue weighted by Gasteiger charge is 2.20. The number of hydrogen-bond acceptors (Lipinski definition) is 5. The summed E-state index contributed by atoms with van der Waals surface area (Å²) in [6.45, 7) is 2.22. The molecule has 1 saturated heterocycles. The Morgan fingerprint density at radius 3 is 2.68 bits per heavy atom. The standard InChI is InChI=1S/C16H17N3O2S/c17-15(11-1-3-12(22)4-2-11)14-13(5-6-18-16(14)20)19-7-10-8-21-9-10/h1-6,10,17,22H,7-9H2,(H2,18,19,20). The van der Waals surface area contributed by atoms with E-state index < -0.39 is 0 Å². The molecule has 1 aromatic carbocycles. The van der Waals surface area contributed by atoms with Crippen LogP contribution in [-0.2, 0) is 4.74 Å². The first kappa shape index (κ1) is 14.9. The molecule has 0 unspecified atom stereocenters. The van der Waals surface area contributed by atoms with Crippen molar-refractivity contribution in [2.24, 2.45) is 5.92 Å². The molecule has 114 valence electrons. The number of aromatic amines is 1. The Morgan fingerprint density at radius 2 is 2.05 bits per heavy atom. The molecule has 0 saturated carbocycles. The maximum Gasteiger partial charge on any atom is 0.259 e. The number of anilines is 1. The molecule has 1 aliphatic rings. The van der Waals surface area contributed by atoms with Crippen molar-refractivity contribution >= 4 is 24.0 Å². The van der Waals surface area contributed by atoms with Crippen LogP contribution in [0.2, 0.25) is 0 Å². The Bertz CT molecular complexity index is 736. The number of nitrogens with one attached hydrogen (secondary N) is 3. The largest absolute Gasteiger partial charge is 0.384 e. The summed E-state index contributed by atoms with van der Waals surface area (Å²) < 4.78 is 5.15. The van der Waals surface area contributed by atoms with Crippen molar-refractivity contribution in [1.29, 1.82) is 5.41 Å². The van der Waals surface area contributed by atoms with Crippen molar-refractivity contribution in [3.05, 3.63) is 58.0 Å². The van der Waals surface area contributed by atoms with E-state index in [1.807, 2.05) is 12.1 Å². The quantitative estimate of drug-likeness (QED) is 0.504. The molecule has 2 aromatic rings. The molecule has 6 heteroatoms. The van der Waals surface area contributed by atoms with E-state index in [9.17, 15) is 4.79 Å². The molecule has 0 spiro atoms. The molecular weight excluding hydrogens is 298 g/mol. The van der Waals surface area contributed by atoms with E-state index in [2.05, 4.69) is 22.9 Å². The van der Waals surface area contributed by atoms with Crippen molar-refractivity contribution in [2.45, 2.75) is 4.90 Å². The number of aromatic nitrogens is 1. The molecule has 1 aliphatic heterocycles. The Labute approximate surface area is 133 Å². The van der Waals surface area contributed by atoms with Gasteiger partial charge in [0.2, 0.25) is 0 Å². The van der Waals surface area contributed by atoms with Crippen molar-refractivity contribution in [3.8, 4) is 0 Å². The molecule has 0 bridgehead atoms. The van der Waals surface area contributed by atoms with Gasteiger partial charge in [-0.2, -0.15) is 0 Å². The fourth-order valence-electron chi connectivity index (χ4n) is 2.30. The van der Waals surface area contributed by atoms with Crippen LogP contribution < -0.4 is 10.9 Å². The van der Waals surface area contributed by atoms with Gasteiger partial charge in [0.05, 0.1) is 30.2 Å². The second-order valence-electron chi connectivity index (χ2n) is 5.30. The van der Waals surface area contributed by atoms with Gasteiger partial charge in [0.25, 0.3) is 5.56 Å². The lowest BCUT2D eigenvalue weighted by molar-refractivity contribution is -0.0248.